The average molecular weight is 549 g/mol. The first kappa shape index (κ1) is 28.0. The largest absolute Gasteiger partial charge is 0.438 e. The Labute approximate surface area is 229 Å². The van der Waals surface area contributed by atoms with Crippen LogP contribution in [0, 0.1) is 26.7 Å². The van der Waals surface area contributed by atoms with Crippen molar-refractivity contribution in [2.45, 2.75) is 46.1 Å². The molecule has 0 spiro atoms. The Morgan fingerprint density at radius 3 is 2.36 bits per heavy atom. The third-order valence-electron chi connectivity index (χ3n) is 6.39. The van der Waals surface area contributed by atoms with Crippen LogP contribution in [0.2, 0.25) is 0 Å². The molecule has 10 heteroatoms. The molecule has 2 aromatic heterocycles. The summed E-state index contributed by atoms with van der Waals surface area (Å²) in [5.41, 5.74) is 4.24. The maximum Gasteiger partial charge on any atom is 0.281 e. The average Bonchev–Trinajstić information content (AvgIpc) is 2.90. The summed E-state index contributed by atoms with van der Waals surface area (Å²) < 4.78 is 33.9. The predicted octanol–water partition coefficient (Wildman–Crippen LogP) is 4.58. The molecule has 3 aromatic rings. The number of carbonyl (C=O) groups is 2. The van der Waals surface area contributed by atoms with Gasteiger partial charge in [0.25, 0.3) is 15.9 Å². The molecule has 0 unspecified atom stereocenters. The molecule has 1 aliphatic heterocycles. The monoisotopic (exact) mass is 548 g/mol. The number of nitrogens with zero attached hydrogens (tertiary/aromatic N) is 3. The van der Waals surface area contributed by atoms with Crippen molar-refractivity contribution in [1.29, 1.82) is 0 Å². The van der Waals surface area contributed by atoms with Gasteiger partial charge in [-0.3, -0.25) is 9.59 Å². The summed E-state index contributed by atoms with van der Waals surface area (Å²) in [6.45, 7) is 10.5. The van der Waals surface area contributed by atoms with Crippen LogP contribution in [0.3, 0.4) is 0 Å². The first-order valence-electron chi connectivity index (χ1n) is 12.7. The van der Waals surface area contributed by atoms with E-state index in [9.17, 15) is 18.0 Å². The van der Waals surface area contributed by atoms with Gasteiger partial charge in [-0.25, -0.2) is 14.7 Å². The van der Waals surface area contributed by atoms with E-state index in [4.69, 9.17) is 4.74 Å². The molecule has 2 amide bonds. The van der Waals surface area contributed by atoms with Crippen molar-refractivity contribution in [3.05, 3.63) is 82.7 Å². The Morgan fingerprint density at radius 2 is 1.77 bits per heavy atom. The predicted molar refractivity (Wildman–Crippen MR) is 148 cm³/mol. The normalized spacial score (nSPS) is 13.7. The third-order valence-corrected chi connectivity index (χ3v) is 7.64. The number of rotatable bonds is 7. The summed E-state index contributed by atoms with van der Waals surface area (Å²) in [5, 5.41) is -0.275. The molecule has 3 heterocycles. The van der Waals surface area contributed by atoms with Crippen LogP contribution in [0.1, 0.15) is 53.0 Å². The highest BCUT2D eigenvalue weighted by Gasteiger charge is 2.26. The summed E-state index contributed by atoms with van der Waals surface area (Å²) in [6, 6.07) is 11.5. The van der Waals surface area contributed by atoms with Gasteiger partial charge in [-0.15, -0.1) is 0 Å². The number of hydrogen-bond donors (Lipinski definition) is 1. The second-order valence-corrected chi connectivity index (χ2v) is 11.5. The Bertz CT molecular complexity index is 1530. The molecular formula is C29H32N4O5S. The van der Waals surface area contributed by atoms with Crippen molar-refractivity contribution in [1.82, 2.24) is 19.6 Å². The second-order valence-electron chi connectivity index (χ2n) is 9.90. The van der Waals surface area contributed by atoms with Crippen LogP contribution < -0.4 is 9.46 Å². The number of sulfonamides is 1. The van der Waals surface area contributed by atoms with Crippen molar-refractivity contribution in [3.8, 4) is 11.6 Å². The number of amides is 2. The number of ether oxygens (including phenoxy) is 1. The summed E-state index contributed by atoms with van der Waals surface area (Å²) >= 11 is 0. The molecule has 0 aliphatic carbocycles. The fraction of sp³-hybridized carbons (Fsp3) is 0.310. The standard InChI is InChI=1S/C29H32N4O5S/c1-18(2)29(35)33-14-11-22(12-15-33)24-10-9-23(27(34)32-39(36,37)25-8-6-7-13-30-25)28(31-24)38-26-20(4)16-19(3)17-21(26)5/h6-11,13,16-18H,12,14-15H2,1-5H3,(H,32,34). The molecule has 0 saturated carbocycles. The van der Waals surface area contributed by atoms with Gasteiger partial charge in [0.2, 0.25) is 11.8 Å². The quantitative estimate of drug-likeness (QED) is 0.459. The van der Waals surface area contributed by atoms with E-state index in [0.717, 1.165) is 22.3 Å². The van der Waals surface area contributed by atoms with E-state index in [1.54, 1.807) is 17.0 Å². The number of benzene rings is 1. The Balaban J connectivity index is 1.71. The van der Waals surface area contributed by atoms with Crippen molar-refractivity contribution >= 4 is 27.4 Å². The highest BCUT2D eigenvalue weighted by molar-refractivity contribution is 7.90. The van der Waals surface area contributed by atoms with Gasteiger partial charge in [0.15, 0.2) is 5.03 Å². The zero-order valence-corrected chi connectivity index (χ0v) is 23.5. The topological polar surface area (TPSA) is 119 Å². The van der Waals surface area contributed by atoms with Gasteiger partial charge < -0.3 is 9.64 Å². The van der Waals surface area contributed by atoms with E-state index in [-0.39, 0.29) is 28.3 Å². The van der Waals surface area contributed by atoms with Gasteiger partial charge in [-0.2, -0.15) is 8.42 Å². The molecule has 1 aromatic carbocycles. The molecule has 0 radical (unpaired) electrons. The van der Waals surface area contributed by atoms with E-state index < -0.39 is 15.9 Å². The minimum Gasteiger partial charge on any atom is -0.438 e. The molecular weight excluding hydrogens is 516 g/mol. The minimum atomic E-state index is -4.21. The first-order valence-corrected chi connectivity index (χ1v) is 14.2. The number of nitrogens with one attached hydrogen (secondary N) is 1. The van der Waals surface area contributed by atoms with Crippen LogP contribution in [0.5, 0.6) is 11.6 Å². The lowest BCUT2D eigenvalue weighted by atomic mass is 10.0. The molecule has 39 heavy (non-hydrogen) atoms. The van der Waals surface area contributed by atoms with Gasteiger partial charge in [0.05, 0.1) is 5.69 Å². The second kappa shape index (κ2) is 11.4. The number of aryl methyl sites for hydroxylation is 3. The lowest BCUT2D eigenvalue weighted by Crippen LogP contribution is -2.37. The van der Waals surface area contributed by atoms with E-state index in [1.807, 2.05) is 52.8 Å². The maximum absolute atomic E-state index is 13.2. The zero-order chi connectivity index (χ0) is 28.3. The van der Waals surface area contributed by atoms with Gasteiger partial charge in [0.1, 0.15) is 11.3 Å². The van der Waals surface area contributed by atoms with Crippen molar-refractivity contribution in [2.24, 2.45) is 5.92 Å². The van der Waals surface area contributed by atoms with Gasteiger partial charge in [-0.1, -0.05) is 43.7 Å². The molecule has 204 valence electrons. The molecule has 0 bridgehead atoms. The highest BCUT2D eigenvalue weighted by Crippen LogP contribution is 2.33. The fourth-order valence-corrected chi connectivity index (χ4v) is 5.41. The van der Waals surface area contributed by atoms with Crippen LogP contribution in [0.15, 0.2) is 59.8 Å². The van der Waals surface area contributed by atoms with Crippen LogP contribution >= 0.6 is 0 Å². The van der Waals surface area contributed by atoms with E-state index >= 15 is 0 Å². The number of aromatic nitrogens is 2. The minimum absolute atomic E-state index is 0.0159. The van der Waals surface area contributed by atoms with Crippen LogP contribution in [-0.4, -0.2) is 48.2 Å². The van der Waals surface area contributed by atoms with E-state index in [0.29, 0.717) is 31.0 Å². The molecule has 1 N–H and O–H groups in total. The van der Waals surface area contributed by atoms with Crippen LogP contribution in [0.4, 0.5) is 0 Å². The number of hydrogen-bond acceptors (Lipinski definition) is 7. The van der Waals surface area contributed by atoms with Gasteiger partial charge >= 0.3 is 0 Å². The molecule has 0 fully saturated rings. The first-order chi connectivity index (χ1) is 18.5. The molecule has 0 atom stereocenters. The Morgan fingerprint density at radius 1 is 1.05 bits per heavy atom. The molecule has 9 nitrogen and oxygen atoms in total. The highest BCUT2D eigenvalue weighted by atomic mass is 32.2. The van der Waals surface area contributed by atoms with Gasteiger partial charge in [0, 0.05) is 25.2 Å². The molecule has 0 saturated heterocycles. The summed E-state index contributed by atoms with van der Waals surface area (Å²) in [4.78, 5) is 35.9. The van der Waals surface area contributed by atoms with Crippen molar-refractivity contribution < 1.29 is 22.7 Å². The van der Waals surface area contributed by atoms with E-state index in [2.05, 4.69) is 14.7 Å². The Kier molecular flexibility index (Phi) is 8.15. The lowest BCUT2D eigenvalue weighted by molar-refractivity contribution is -0.134. The zero-order valence-electron chi connectivity index (χ0n) is 22.7. The van der Waals surface area contributed by atoms with Gasteiger partial charge in [-0.05, 0) is 68.2 Å². The summed E-state index contributed by atoms with van der Waals surface area (Å²) in [7, 11) is -4.21. The van der Waals surface area contributed by atoms with Crippen LogP contribution in [0.25, 0.3) is 5.57 Å². The molecule has 4 rings (SSSR count). The Hall–Kier alpha value is -4.05. The van der Waals surface area contributed by atoms with Crippen molar-refractivity contribution in [3.63, 3.8) is 0 Å². The lowest BCUT2D eigenvalue weighted by Gasteiger charge is -2.28. The maximum atomic E-state index is 13.2. The smallest absolute Gasteiger partial charge is 0.281 e. The fourth-order valence-electron chi connectivity index (χ4n) is 4.50. The third kappa shape index (κ3) is 6.34. The van der Waals surface area contributed by atoms with E-state index in [1.165, 1.54) is 24.4 Å². The summed E-state index contributed by atoms with van der Waals surface area (Å²) in [5.74, 6) is -0.354. The summed E-state index contributed by atoms with van der Waals surface area (Å²) in [6.07, 6.45) is 3.87. The number of pyridine rings is 2. The van der Waals surface area contributed by atoms with Crippen LogP contribution in [-0.2, 0) is 14.8 Å². The van der Waals surface area contributed by atoms with Crippen molar-refractivity contribution in [2.75, 3.05) is 13.1 Å². The SMILES string of the molecule is Cc1cc(C)c(Oc2nc(C3=CCN(C(=O)C(C)C)CC3)ccc2C(=O)NS(=O)(=O)c2ccccn2)c(C)c1. The number of carbonyl (C=O) groups excluding carboxylic acids is 2. The molecule has 1 aliphatic rings.